The van der Waals surface area contributed by atoms with Gasteiger partial charge in [-0.3, -0.25) is 4.79 Å². The Kier molecular flexibility index (Phi) is 4.39. The number of azide groups is 1. The highest BCUT2D eigenvalue weighted by atomic mass is 16.5. The number of ether oxygens (including phenoxy) is 2. The molecule has 6 heteroatoms. The fourth-order valence-electron chi connectivity index (χ4n) is 2.06. The maximum absolute atomic E-state index is 11.3. The Morgan fingerprint density at radius 1 is 1.53 bits per heavy atom. The standard InChI is InChI=1S/C9H15N3O3/c1-14-5-7-3-6(9(13)15-2)4-8(7)11-12-10/h6-8H,3-5H2,1-2H3. The highest BCUT2D eigenvalue weighted by Gasteiger charge is 2.37. The maximum atomic E-state index is 11.3. The molecular weight excluding hydrogens is 198 g/mol. The van der Waals surface area contributed by atoms with Gasteiger partial charge in [-0.1, -0.05) is 5.11 Å². The highest BCUT2D eigenvalue weighted by molar-refractivity contribution is 5.72. The van der Waals surface area contributed by atoms with Crippen molar-refractivity contribution < 1.29 is 14.3 Å². The van der Waals surface area contributed by atoms with E-state index in [1.54, 1.807) is 7.11 Å². The van der Waals surface area contributed by atoms with Crippen LogP contribution < -0.4 is 0 Å². The quantitative estimate of drug-likeness (QED) is 0.307. The summed E-state index contributed by atoms with van der Waals surface area (Å²) >= 11 is 0. The van der Waals surface area contributed by atoms with E-state index in [4.69, 9.17) is 10.3 Å². The largest absolute Gasteiger partial charge is 0.469 e. The average molecular weight is 213 g/mol. The number of esters is 1. The number of carbonyl (C=O) groups is 1. The second-order valence-electron chi connectivity index (χ2n) is 3.68. The van der Waals surface area contributed by atoms with E-state index in [0.717, 1.165) is 0 Å². The lowest BCUT2D eigenvalue weighted by molar-refractivity contribution is -0.145. The van der Waals surface area contributed by atoms with Crippen LogP contribution in [0.2, 0.25) is 0 Å². The molecule has 0 aromatic heterocycles. The van der Waals surface area contributed by atoms with Crippen molar-refractivity contribution in [3.63, 3.8) is 0 Å². The Hall–Kier alpha value is -1.26. The van der Waals surface area contributed by atoms with Gasteiger partial charge < -0.3 is 9.47 Å². The Morgan fingerprint density at radius 2 is 2.27 bits per heavy atom. The fraction of sp³-hybridized carbons (Fsp3) is 0.889. The third-order valence-corrected chi connectivity index (χ3v) is 2.77. The van der Waals surface area contributed by atoms with E-state index in [2.05, 4.69) is 14.8 Å². The maximum Gasteiger partial charge on any atom is 0.308 e. The van der Waals surface area contributed by atoms with Crippen LogP contribution in [0.5, 0.6) is 0 Å². The lowest BCUT2D eigenvalue weighted by atomic mass is 10.1. The topological polar surface area (TPSA) is 84.3 Å². The molecule has 0 bridgehead atoms. The summed E-state index contributed by atoms with van der Waals surface area (Å²) < 4.78 is 9.70. The number of rotatable bonds is 4. The Labute approximate surface area is 88.2 Å². The minimum atomic E-state index is -0.230. The Bertz CT molecular complexity index is 276. The third-order valence-electron chi connectivity index (χ3n) is 2.77. The van der Waals surface area contributed by atoms with Crippen molar-refractivity contribution in [2.45, 2.75) is 18.9 Å². The summed E-state index contributed by atoms with van der Waals surface area (Å²) in [4.78, 5) is 14.1. The van der Waals surface area contributed by atoms with Gasteiger partial charge in [0.05, 0.1) is 13.0 Å². The smallest absolute Gasteiger partial charge is 0.308 e. The molecule has 0 spiro atoms. The summed E-state index contributed by atoms with van der Waals surface area (Å²) in [7, 11) is 2.97. The third kappa shape index (κ3) is 2.84. The van der Waals surface area contributed by atoms with Gasteiger partial charge in [-0.15, -0.1) is 0 Å². The SMILES string of the molecule is COCC1CC(C(=O)OC)CC1N=[N+]=[N-]. The highest BCUT2D eigenvalue weighted by Crippen LogP contribution is 2.34. The zero-order valence-corrected chi connectivity index (χ0v) is 8.92. The second-order valence-corrected chi connectivity index (χ2v) is 3.68. The van der Waals surface area contributed by atoms with Crippen molar-refractivity contribution in [2.75, 3.05) is 20.8 Å². The molecule has 0 heterocycles. The molecule has 0 saturated heterocycles. The molecule has 0 aliphatic heterocycles. The van der Waals surface area contributed by atoms with Crippen molar-refractivity contribution >= 4 is 5.97 Å². The molecule has 1 saturated carbocycles. The number of hydrogen-bond acceptors (Lipinski definition) is 4. The van der Waals surface area contributed by atoms with Gasteiger partial charge in [0, 0.05) is 24.7 Å². The summed E-state index contributed by atoms with van der Waals surface area (Å²) in [5.41, 5.74) is 8.40. The monoisotopic (exact) mass is 213 g/mol. The number of carbonyl (C=O) groups excluding carboxylic acids is 1. The summed E-state index contributed by atoms with van der Waals surface area (Å²) in [5, 5.41) is 3.68. The van der Waals surface area contributed by atoms with Crippen LogP contribution in [0.3, 0.4) is 0 Å². The van der Waals surface area contributed by atoms with Gasteiger partial charge in [0.15, 0.2) is 0 Å². The van der Waals surface area contributed by atoms with Gasteiger partial charge >= 0.3 is 5.97 Å². The van der Waals surface area contributed by atoms with E-state index in [0.29, 0.717) is 19.4 Å². The van der Waals surface area contributed by atoms with Crippen LogP contribution in [0.4, 0.5) is 0 Å². The number of hydrogen-bond donors (Lipinski definition) is 0. The van der Waals surface area contributed by atoms with Gasteiger partial charge in [-0.05, 0) is 24.3 Å². The molecule has 1 rings (SSSR count). The molecule has 1 aliphatic carbocycles. The minimum absolute atomic E-state index is 0.120. The molecule has 3 atom stereocenters. The van der Waals surface area contributed by atoms with E-state index in [9.17, 15) is 4.79 Å². The molecule has 1 aliphatic rings. The first-order valence-corrected chi connectivity index (χ1v) is 4.83. The molecule has 0 N–H and O–H groups in total. The molecule has 0 amide bonds. The molecule has 3 unspecified atom stereocenters. The summed E-state index contributed by atoms with van der Waals surface area (Å²) in [5.74, 6) is -0.271. The molecular formula is C9H15N3O3. The van der Waals surface area contributed by atoms with Gasteiger partial charge in [0.2, 0.25) is 0 Å². The van der Waals surface area contributed by atoms with Crippen LogP contribution in [0.25, 0.3) is 10.4 Å². The van der Waals surface area contributed by atoms with Crippen LogP contribution in [0.15, 0.2) is 5.11 Å². The predicted molar refractivity (Wildman–Crippen MR) is 53.0 cm³/mol. The van der Waals surface area contributed by atoms with E-state index < -0.39 is 0 Å². The first kappa shape index (κ1) is 11.8. The molecule has 0 radical (unpaired) electrons. The molecule has 84 valence electrons. The molecule has 0 aromatic rings. The van der Waals surface area contributed by atoms with E-state index in [1.807, 2.05) is 0 Å². The molecule has 6 nitrogen and oxygen atoms in total. The van der Waals surface area contributed by atoms with Gasteiger partial charge in [-0.25, -0.2) is 0 Å². The van der Waals surface area contributed by atoms with Crippen LogP contribution in [0, 0.1) is 11.8 Å². The van der Waals surface area contributed by atoms with Crippen LogP contribution >= 0.6 is 0 Å². The van der Waals surface area contributed by atoms with Crippen LogP contribution in [-0.4, -0.2) is 32.8 Å². The number of nitrogens with zero attached hydrogens (tertiary/aromatic N) is 3. The number of methoxy groups -OCH3 is 2. The Morgan fingerprint density at radius 3 is 2.80 bits per heavy atom. The van der Waals surface area contributed by atoms with Crippen molar-refractivity contribution in [3.05, 3.63) is 10.4 Å². The van der Waals surface area contributed by atoms with E-state index in [1.165, 1.54) is 7.11 Å². The zero-order valence-electron chi connectivity index (χ0n) is 8.92. The molecule has 1 fully saturated rings. The molecule has 0 aromatic carbocycles. The Balaban J connectivity index is 2.64. The first-order chi connectivity index (χ1) is 7.22. The van der Waals surface area contributed by atoms with E-state index in [-0.39, 0.29) is 23.8 Å². The average Bonchev–Trinajstić information content (AvgIpc) is 2.62. The van der Waals surface area contributed by atoms with Crippen molar-refractivity contribution in [1.29, 1.82) is 0 Å². The van der Waals surface area contributed by atoms with Crippen molar-refractivity contribution in [1.82, 2.24) is 0 Å². The van der Waals surface area contributed by atoms with Crippen molar-refractivity contribution in [2.24, 2.45) is 17.0 Å². The van der Waals surface area contributed by atoms with Crippen LogP contribution in [0.1, 0.15) is 12.8 Å². The second kappa shape index (κ2) is 5.58. The fourth-order valence-corrected chi connectivity index (χ4v) is 2.06. The normalized spacial score (nSPS) is 29.6. The minimum Gasteiger partial charge on any atom is -0.469 e. The predicted octanol–water partition coefficient (Wildman–Crippen LogP) is 1.51. The van der Waals surface area contributed by atoms with Gasteiger partial charge in [-0.2, -0.15) is 0 Å². The summed E-state index contributed by atoms with van der Waals surface area (Å²) in [6.45, 7) is 0.511. The lowest BCUT2D eigenvalue weighted by Gasteiger charge is -2.12. The molecule has 15 heavy (non-hydrogen) atoms. The van der Waals surface area contributed by atoms with Gasteiger partial charge in [0.1, 0.15) is 0 Å². The van der Waals surface area contributed by atoms with Gasteiger partial charge in [0.25, 0.3) is 0 Å². The van der Waals surface area contributed by atoms with Crippen molar-refractivity contribution in [3.8, 4) is 0 Å². The lowest BCUT2D eigenvalue weighted by Crippen LogP contribution is -2.15. The summed E-state index contributed by atoms with van der Waals surface area (Å²) in [6, 6.07) is -0.154. The van der Waals surface area contributed by atoms with Crippen LogP contribution in [-0.2, 0) is 14.3 Å². The van der Waals surface area contributed by atoms with E-state index >= 15 is 0 Å². The first-order valence-electron chi connectivity index (χ1n) is 4.83. The zero-order chi connectivity index (χ0) is 11.3. The summed E-state index contributed by atoms with van der Waals surface area (Å²) in [6.07, 6.45) is 1.23.